The monoisotopic (exact) mass is 316 g/mol. The number of piperidine rings is 2. The average molecular weight is 317 g/mol. The van der Waals surface area contributed by atoms with Crippen LogP contribution in [-0.4, -0.2) is 60.6 Å². The lowest BCUT2D eigenvalue weighted by Crippen LogP contribution is -2.36. The summed E-state index contributed by atoms with van der Waals surface area (Å²) in [6, 6.07) is 0. The van der Waals surface area contributed by atoms with E-state index in [9.17, 15) is 0 Å². The predicted octanol–water partition coefficient (Wildman–Crippen LogP) is 3.83. The molecule has 0 radical (unpaired) electrons. The fourth-order valence-corrected chi connectivity index (χ4v) is 5.49. The van der Waals surface area contributed by atoms with Gasteiger partial charge in [0.05, 0.1) is 0 Å². The van der Waals surface area contributed by atoms with E-state index in [0.29, 0.717) is 0 Å². The van der Waals surface area contributed by atoms with Crippen LogP contribution in [0.25, 0.3) is 0 Å². The molecule has 0 bridgehead atoms. The number of hydrogen-bond acceptors (Lipinski definition) is 4. The van der Waals surface area contributed by atoms with Crippen LogP contribution < -0.4 is 0 Å². The van der Waals surface area contributed by atoms with E-state index in [4.69, 9.17) is 0 Å². The molecule has 0 amide bonds. The molecule has 0 aliphatic carbocycles. The Morgan fingerprint density at radius 1 is 0.800 bits per heavy atom. The molecule has 0 N–H and O–H groups in total. The minimum Gasteiger partial charge on any atom is -0.302 e. The fraction of sp³-hybridized carbons (Fsp3) is 1.00. The highest BCUT2D eigenvalue weighted by molar-refractivity contribution is 8.76. The summed E-state index contributed by atoms with van der Waals surface area (Å²) >= 11 is 0. The largest absolute Gasteiger partial charge is 0.302 e. The third-order valence-corrected chi connectivity index (χ3v) is 6.91. The van der Waals surface area contributed by atoms with Gasteiger partial charge in [-0.2, -0.15) is 0 Å². The van der Waals surface area contributed by atoms with E-state index in [-0.39, 0.29) is 0 Å². The van der Waals surface area contributed by atoms with Crippen LogP contribution in [0, 0.1) is 11.8 Å². The van der Waals surface area contributed by atoms with Gasteiger partial charge in [-0.15, -0.1) is 0 Å². The molecule has 0 saturated carbocycles. The molecule has 20 heavy (non-hydrogen) atoms. The van der Waals surface area contributed by atoms with Crippen molar-refractivity contribution < 1.29 is 0 Å². The van der Waals surface area contributed by atoms with Crippen LogP contribution in [0.2, 0.25) is 0 Å². The Hall–Kier alpha value is 0.620. The Balaban J connectivity index is 1.43. The smallest absolute Gasteiger partial charge is 0.0165 e. The first kappa shape index (κ1) is 17.0. The lowest BCUT2D eigenvalue weighted by molar-refractivity contribution is 0.194. The van der Waals surface area contributed by atoms with Gasteiger partial charge in [0.25, 0.3) is 0 Å². The molecule has 2 atom stereocenters. The van der Waals surface area contributed by atoms with Gasteiger partial charge in [-0.3, -0.25) is 0 Å². The van der Waals surface area contributed by atoms with E-state index in [2.05, 4.69) is 45.2 Å². The van der Waals surface area contributed by atoms with Crippen LogP contribution in [-0.2, 0) is 0 Å². The summed E-state index contributed by atoms with van der Waals surface area (Å²) in [5.74, 6) is 4.44. The predicted molar refractivity (Wildman–Crippen MR) is 94.6 cm³/mol. The number of hydrogen-bond donors (Lipinski definition) is 0. The minimum atomic E-state index is 0.919. The first-order chi connectivity index (χ1) is 9.74. The zero-order valence-electron chi connectivity index (χ0n) is 13.4. The molecule has 2 fully saturated rings. The lowest BCUT2D eigenvalue weighted by Gasteiger charge is -2.31. The second kappa shape index (κ2) is 9.60. The van der Waals surface area contributed by atoms with Gasteiger partial charge in [0.15, 0.2) is 0 Å². The van der Waals surface area contributed by atoms with E-state index in [1.807, 2.05) is 0 Å². The number of rotatable bonds is 7. The fourth-order valence-electron chi connectivity index (χ4n) is 3.43. The van der Waals surface area contributed by atoms with Gasteiger partial charge in [-0.25, -0.2) is 0 Å². The van der Waals surface area contributed by atoms with Crippen molar-refractivity contribution in [2.24, 2.45) is 11.8 Å². The quantitative estimate of drug-likeness (QED) is 0.520. The van der Waals surface area contributed by atoms with Crippen LogP contribution in [0.1, 0.15) is 39.5 Å². The van der Waals surface area contributed by atoms with Gasteiger partial charge in [0, 0.05) is 37.7 Å². The summed E-state index contributed by atoms with van der Waals surface area (Å²) in [7, 11) is 4.17. The molecule has 2 aliphatic rings. The van der Waals surface area contributed by atoms with Crippen molar-refractivity contribution in [1.82, 2.24) is 9.80 Å². The topological polar surface area (TPSA) is 6.48 Å². The van der Waals surface area contributed by atoms with E-state index >= 15 is 0 Å². The standard InChI is InChI=1S/C16H32N2S2/c1-15-5-3-7-17(13-15)9-11-19-20-12-10-18-8-4-6-16(2)14-18/h15-16H,3-14H2,1-2H3/t15-,16-/m0/s1. The molecule has 2 saturated heterocycles. The van der Waals surface area contributed by atoms with Crippen molar-refractivity contribution in [2.45, 2.75) is 39.5 Å². The van der Waals surface area contributed by atoms with Crippen LogP contribution in [0.4, 0.5) is 0 Å². The normalized spacial score (nSPS) is 29.7. The van der Waals surface area contributed by atoms with Crippen LogP contribution >= 0.6 is 21.6 Å². The zero-order valence-corrected chi connectivity index (χ0v) is 15.0. The van der Waals surface area contributed by atoms with Gasteiger partial charge >= 0.3 is 0 Å². The molecule has 118 valence electrons. The summed E-state index contributed by atoms with van der Waals surface area (Å²) in [6.07, 6.45) is 5.69. The highest BCUT2D eigenvalue weighted by Gasteiger charge is 2.16. The van der Waals surface area contributed by atoms with E-state index in [1.165, 1.54) is 76.5 Å². The molecule has 0 unspecified atom stereocenters. The Bertz CT molecular complexity index is 237. The molecule has 0 aromatic carbocycles. The average Bonchev–Trinajstić information content (AvgIpc) is 2.43. The van der Waals surface area contributed by atoms with Crippen LogP contribution in [0.15, 0.2) is 0 Å². The Labute approximate surface area is 133 Å². The second-order valence-corrected chi connectivity index (χ2v) is 9.44. The Morgan fingerprint density at radius 3 is 1.65 bits per heavy atom. The first-order valence-electron chi connectivity index (χ1n) is 8.43. The molecule has 0 spiro atoms. The van der Waals surface area contributed by atoms with Crippen LogP contribution in [0.5, 0.6) is 0 Å². The maximum atomic E-state index is 2.66. The van der Waals surface area contributed by atoms with Crippen molar-refractivity contribution in [3.63, 3.8) is 0 Å². The van der Waals surface area contributed by atoms with Crippen molar-refractivity contribution in [1.29, 1.82) is 0 Å². The Morgan fingerprint density at radius 2 is 1.25 bits per heavy atom. The molecule has 2 heterocycles. The second-order valence-electron chi connectivity index (χ2n) is 6.74. The third kappa shape index (κ3) is 6.59. The minimum absolute atomic E-state index is 0.919. The molecule has 2 nitrogen and oxygen atoms in total. The summed E-state index contributed by atoms with van der Waals surface area (Å²) < 4.78 is 0. The summed E-state index contributed by atoms with van der Waals surface area (Å²) in [4.78, 5) is 5.32. The van der Waals surface area contributed by atoms with Crippen molar-refractivity contribution >= 4 is 21.6 Å². The molecule has 0 aromatic heterocycles. The van der Waals surface area contributed by atoms with E-state index < -0.39 is 0 Å². The van der Waals surface area contributed by atoms with Crippen molar-refractivity contribution in [2.75, 3.05) is 50.8 Å². The number of nitrogens with zero attached hydrogens (tertiary/aromatic N) is 2. The molecule has 0 aromatic rings. The zero-order chi connectivity index (χ0) is 14.2. The van der Waals surface area contributed by atoms with Gasteiger partial charge in [0.1, 0.15) is 0 Å². The molecular formula is C16H32N2S2. The molecule has 2 aliphatic heterocycles. The maximum absolute atomic E-state index is 2.66. The molecule has 2 rings (SSSR count). The van der Waals surface area contributed by atoms with E-state index in [0.717, 1.165) is 11.8 Å². The van der Waals surface area contributed by atoms with Crippen molar-refractivity contribution in [3.05, 3.63) is 0 Å². The third-order valence-electron chi connectivity index (χ3n) is 4.55. The van der Waals surface area contributed by atoms with Crippen LogP contribution in [0.3, 0.4) is 0 Å². The van der Waals surface area contributed by atoms with E-state index in [1.54, 1.807) is 0 Å². The van der Waals surface area contributed by atoms with Gasteiger partial charge in [-0.05, 0) is 50.6 Å². The SMILES string of the molecule is C[C@H]1CCCN(CCSSCCN2CCC[C@H](C)C2)C1. The highest BCUT2D eigenvalue weighted by atomic mass is 33.1. The summed E-state index contributed by atoms with van der Waals surface area (Å²) in [6.45, 7) is 12.7. The highest BCUT2D eigenvalue weighted by Crippen LogP contribution is 2.23. The van der Waals surface area contributed by atoms with Gasteiger partial charge < -0.3 is 9.80 Å². The van der Waals surface area contributed by atoms with Gasteiger partial charge in [0.2, 0.25) is 0 Å². The lowest BCUT2D eigenvalue weighted by atomic mass is 10.0. The number of likely N-dealkylation sites (tertiary alicyclic amines) is 2. The molecule has 4 heteroatoms. The molecular weight excluding hydrogens is 284 g/mol. The summed E-state index contributed by atoms with van der Waals surface area (Å²) in [5.41, 5.74) is 0. The van der Waals surface area contributed by atoms with Crippen molar-refractivity contribution in [3.8, 4) is 0 Å². The Kier molecular flexibility index (Phi) is 8.15. The van der Waals surface area contributed by atoms with Gasteiger partial charge in [-0.1, -0.05) is 35.4 Å². The summed E-state index contributed by atoms with van der Waals surface area (Å²) in [5, 5.41) is 0. The first-order valence-corrected chi connectivity index (χ1v) is 10.9. The maximum Gasteiger partial charge on any atom is 0.0165 e.